The van der Waals surface area contributed by atoms with Gasteiger partial charge in [-0.15, -0.1) is 11.8 Å². The van der Waals surface area contributed by atoms with Crippen LogP contribution in [0.25, 0.3) is 11.1 Å². The molecule has 0 bridgehead atoms. The first-order valence-electron chi connectivity index (χ1n) is 6.43. The van der Waals surface area contributed by atoms with Gasteiger partial charge in [0.1, 0.15) is 17.2 Å². The zero-order chi connectivity index (χ0) is 14.8. The maximum Gasteiger partial charge on any atom is 0.262 e. The van der Waals surface area contributed by atoms with E-state index in [-0.39, 0.29) is 16.7 Å². The van der Waals surface area contributed by atoms with Gasteiger partial charge in [-0.1, -0.05) is 12.1 Å². The molecule has 110 valence electrons. The van der Waals surface area contributed by atoms with Crippen LogP contribution in [0, 0.1) is 5.82 Å². The van der Waals surface area contributed by atoms with E-state index >= 15 is 0 Å². The van der Waals surface area contributed by atoms with Crippen molar-refractivity contribution < 1.29 is 9.50 Å². The van der Waals surface area contributed by atoms with Crippen molar-refractivity contribution in [3.63, 3.8) is 0 Å². The molecule has 1 fully saturated rings. The number of nitrogens with one attached hydrogen (secondary N) is 1. The normalized spacial score (nSPS) is 18.6. The number of halogens is 1. The second kappa shape index (κ2) is 6.11. The minimum Gasteiger partial charge on any atom is -0.493 e. The average molecular weight is 324 g/mol. The van der Waals surface area contributed by atoms with Crippen LogP contribution in [0.3, 0.4) is 0 Å². The minimum atomic E-state index is -0.403. The van der Waals surface area contributed by atoms with Gasteiger partial charge < -0.3 is 10.1 Å². The van der Waals surface area contributed by atoms with E-state index in [0.29, 0.717) is 11.4 Å². The fraction of sp³-hybridized carbons (Fsp3) is 0.286. The molecule has 1 aliphatic rings. The Kier molecular flexibility index (Phi) is 4.21. The molecule has 1 atom stereocenters. The van der Waals surface area contributed by atoms with Crippen molar-refractivity contribution in [2.75, 3.05) is 17.3 Å². The lowest BCUT2D eigenvalue weighted by atomic mass is 10.1. The van der Waals surface area contributed by atoms with Gasteiger partial charge in [0.15, 0.2) is 0 Å². The van der Waals surface area contributed by atoms with Crippen LogP contribution >= 0.6 is 23.5 Å². The molecule has 4 nitrogen and oxygen atoms in total. The molecule has 2 N–H and O–H groups in total. The third-order valence-corrected chi connectivity index (χ3v) is 5.94. The summed E-state index contributed by atoms with van der Waals surface area (Å²) in [6, 6.07) is 5.39. The van der Waals surface area contributed by atoms with Crippen molar-refractivity contribution in [2.45, 2.75) is 5.25 Å². The van der Waals surface area contributed by atoms with Crippen LogP contribution in [0.15, 0.2) is 29.1 Å². The van der Waals surface area contributed by atoms with Crippen molar-refractivity contribution in [2.24, 2.45) is 0 Å². The van der Waals surface area contributed by atoms with Gasteiger partial charge in [-0.3, -0.25) is 4.79 Å². The van der Waals surface area contributed by atoms with E-state index in [1.807, 2.05) is 0 Å². The third-order valence-electron chi connectivity index (χ3n) is 3.17. The molecule has 2 aromatic rings. The summed E-state index contributed by atoms with van der Waals surface area (Å²) in [6.45, 7) is 0. The van der Waals surface area contributed by atoms with E-state index in [9.17, 15) is 14.3 Å². The molecule has 0 amide bonds. The van der Waals surface area contributed by atoms with Gasteiger partial charge in [-0.05, 0) is 17.7 Å². The molecule has 0 saturated carbocycles. The number of aromatic hydroxyl groups is 1. The second-order valence-corrected chi connectivity index (χ2v) is 7.05. The largest absolute Gasteiger partial charge is 0.493 e. The highest BCUT2D eigenvalue weighted by atomic mass is 32.2. The molecule has 1 aromatic heterocycles. The van der Waals surface area contributed by atoms with Crippen molar-refractivity contribution in [3.05, 3.63) is 46.3 Å². The Labute approximate surface area is 129 Å². The number of hydrogen-bond donors (Lipinski definition) is 2. The van der Waals surface area contributed by atoms with Crippen LogP contribution in [-0.4, -0.2) is 32.3 Å². The van der Waals surface area contributed by atoms with E-state index < -0.39 is 11.4 Å². The van der Waals surface area contributed by atoms with Crippen molar-refractivity contribution in [1.29, 1.82) is 0 Å². The first-order chi connectivity index (χ1) is 10.1. The lowest BCUT2D eigenvalue weighted by Crippen LogP contribution is -2.18. The van der Waals surface area contributed by atoms with Crippen molar-refractivity contribution >= 4 is 23.5 Å². The summed E-state index contributed by atoms with van der Waals surface area (Å²) in [5.74, 6) is 2.75. The highest BCUT2D eigenvalue weighted by molar-refractivity contribution is 8.06. The summed E-state index contributed by atoms with van der Waals surface area (Å²) in [7, 11) is 0. The number of benzene rings is 1. The zero-order valence-corrected chi connectivity index (χ0v) is 12.6. The molecular weight excluding hydrogens is 311 g/mol. The first kappa shape index (κ1) is 14.5. The lowest BCUT2D eigenvalue weighted by molar-refractivity contribution is 0.450. The predicted molar refractivity (Wildman–Crippen MR) is 84.4 cm³/mol. The number of nitrogens with zero attached hydrogens (tertiary/aromatic N) is 1. The number of H-pyrrole nitrogens is 1. The molecule has 1 aromatic carbocycles. The Hall–Kier alpha value is -1.47. The first-order valence-corrected chi connectivity index (χ1v) is 8.64. The highest BCUT2D eigenvalue weighted by Crippen LogP contribution is 2.35. The maximum absolute atomic E-state index is 12.9. The van der Waals surface area contributed by atoms with Crippen LogP contribution < -0.4 is 5.56 Å². The van der Waals surface area contributed by atoms with Gasteiger partial charge in [0.2, 0.25) is 5.88 Å². The molecule has 0 radical (unpaired) electrons. The molecule has 2 heterocycles. The van der Waals surface area contributed by atoms with E-state index in [0.717, 1.165) is 17.3 Å². The fourth-order valence-corrected chi connectivity index (χ4v) is 4.78. The molecule has 1 saturated heterocycles. The number of aromatic nitrogens is 2. The molecule has 1 unspecified atom stereocenters. The van der Waals surface area contributed by atoms with Crippen LogP contribution in [0.2, 0.25) is 0 Å². The average Bonchev–Trinajstić information content (AvgIpc) is 2.49. The van der Waals surface area contributed by atoms with E-state index in [4.69, 9.17) is 0 Å². The van der Waals surface area contributed by atoms with Gasteiger partial charge in [-0.25, -0.2) is 4.39 Å². The topological polar surface area (TPSA) is 66.0 Å². The third kappa shape index (κ3) is 3.08. The lowest BCUT2D eigenvalue weighted by Gasteiger charge is -2.20. The number of rotatable bonds is 2. The van der Waals surface area contributed by atoms with Gasteiger partial charge in [0.05, 0.1) is 5.25 Å². The van der Waals surface area contributed by atoms with Crippen LogP contribution in [-0.2, 0) is 0 Å². The van der Waals surface area contributed by atoms with Gasteiger partial charge in [0, 0.05) is 17.3 Å². The smallest absolute Gasteiger partial charge is 0.262 e. The molecule has 0 spiro atoms. The van der Waals surface area contributed by atoms with Gasteiger partial charge in [0.25, 0.3) is 5.56 Å². The Balaban J connectivity index is 2.00. The van der Waals surface area contributed by atoms with Crippen molar-refractivity contribution in [3.8, 4) is 17.0 Å². The molecule has 0 aliphatic carbocycles. The molecule has 3 rings (SSSR count). The fourth-order valence-electron chi connectivity index (χ4n) is 2.15. The monoisotopic (exact) mass is 324 g/mol. The summed E-state index contributed by atoms with van der Waals surface area (Å²) < 4.78 is 12.9. The maximum atomic E-state index is 12.9. The zero-order valence-electron chi connectivity index (χ0n) is 11.0. The SMILES string of the molecule is O=c1[nH]c(C2CSCCS2)nc(O)c1-c1ccc(F)cc1. The summed E-state index contributed by atoms with van der Waals surface area (Å²) in [6.07, 6.45) is 0. The van der Waals surface area contributed by atoms with E-state index in [1.165, 1.54) is 24.3 Å². The van der Waals surface area contributed by atoms with Crippen LogP contribution in [0.5, 0.6) is 5.88 Å². The van der Waals surface area contributed by atoms with Gasteiger partial charge in [-0.2, -0.15) is 16.7 Å². The number of hydrogen-bond acceptors (Lipinski definition) is 5. The number of thioether (sulfide) groups is 2. The Morgan fingerprint density at radius 2 is 2.05 bits per heavy atom. The van der Waals surface area contributed by atoms with Gasteiger partial charge >= 0.3 is 0 Å². The van der Waals surface area contributed by atoms with Crippen molar-refractivity contribution in [1.82, 2.24) is 9.97 Å². The Morgan fingerprint density at radius 3 is 2.67 bits per heavy atom. The number of aromatic amines is 1. The summed E-state index contributed by atoms with van der Waals surface area (Å²) in [5, 5.41) is 10.2. The Bertz CT molecular complexity index is 697. The summed E-state index contributed by atoms with van der Waals surface area (Å²) in [4.78, 5) is 19.1. The molecule has 7 heteroatoms. The summed E-state index contributed by atoms with van der Waals surface area (Å²) in [5.41, 5.74) is 0.118. The Morgan fingerprint density at radius 1 is 1.29 bits per heavy atom. The molecule has 21 heavy (non-hydrogen) atoms. The quantitative estimate of drug-likeness (QED) is 0.889. The predicted octanol–water partition coefficient (Wildman–Crippen LogP) is 2.80. The second-order valence-electron chi connectivity index (χ2n) is 4.59. The highest BCUT2D eigenvalue weighted by Gasteiger charge is 2.21. The standard InChI is InChI=1S/C14H13FN2O2S2/c15-9-3-1-8(2-4-9)11-13(18)16-12(17-14(11)19)10-7-20-5-6-21-10/h1-4,10H,5-7H2,(H2,16,17,18,19). The minimum absolute atomic E-state index is 0.0761. The van der Waals surface area contributed by atoms with Crippen LogP contribution in [0.4, 0.5) is 4.39 Å². The van der Waals surface area contributed by atoms with E-state index in [2.05, 4.69) is 9.97 Å². The van der Waals surface area contributed by atoms with E-state index in [1.54, 1.807) is 23.5 Å². The molecular formula is C14H13FN2O2S2. The molecule has 1 aliphatic heterocycles. The van der Waals surface area contributed by atoms with Crippen LogP contribution in [0.1, 0.15) is 11.1 Å². The summed E-state index contributed by atoms with van der Waals surface area (Å²) >= 11 is 3.53.